The van der Waals surface area contributed by atoms with Gasteiger partial charge < -0.3 is 5.11 Å². The van der Waals surface area contributed by atoms with Crippen LogP contribution >= 0.6 is 0 Å². The Hall–Kier alpha value is -2.49. The number of hydrogen-bond donors (Lipinski definition) is 1. The highest BCUT2D eigenvalue weighted by Gasteiger charge is 2.36. The van der Waals surface area contributed by atoms with E-state index >= 15 is 0 Å². The van der Waals surface area contributed by atoms with Gasteiger partial charge in [0.1, 0.15) is 11.6 Å². The van der Waals surface area contributed by atoms with E-state index in [0.717, 1.165) is 11.1 Å². The van der Waals surface area contributed by atoms with E-state index in [1.54, 1.807) is 56.3 Å². The van der Waals surface area contributed by atoms with Crippen molar-refractivity contribution in [3.8, 4) is 11.1 Å². The molecule has 0 saturated carbocycles. The molecule has 0 saturated heterocycles. The van der Waals surface area contributed by atoms with Crippen molar-refractivity contribution in [3.05, 3.63) is 59.9 Å². The van der Waals surface area contributed by atoms with E-state index < -0.39 is 11.4 Å². The van der Waals surface area contributed by atoms with Gasteiger partial charge >= 0.3 is 5.97 Å². The number of hydrogen-bond acceptors (Lipinski definition) is 2. The molecule has 0 fully saturated rings. The number of carboxylic acid groups (broad SMARTS) is 1. The number of halogens is 1. The summed E-state index contributed by atoms with van der Waals surface area (Å²) in [6.07, 6.45) is 1.07. The van der Waals surface area contributed by atoms with E-state index in [2.05, 4.69) is 0 Å². The van der Waals surface area contributed by atoms with Gasteiger partial charge in [-0.05, 0) is 30.0 Å². The third kappa shape index (κ3) is 4.32. The van der Waals surface area contributed by atoms with Crippen LogP contribution in [0, 0.1) is 11.2 Å². The molecule has 0 aliphatic heterocycles. The lowest BCUT2D eigenvalue weighted by molar-refractivity contribution is -0.152. The third-order valence-electron chi connectivity index (χ3n) is 4.88. The van der Waals surface area contributed by atoms with Gasteiger partial charge in [-0.3, -0.25) is 9.59 Å². The number of ketones is 1. The van der Waals surface area contributed by atoms with E-state index in [-0.39, 0.29) is 24.4 Å². The van der Waals surface area contributed by atoms with Crippen LogP contribution < -0.4 is 0 Å². The SMILES string of the molecule is CCC(CC)(CC(=O)Cc1ccc(-c2ccccc2F)cc1)C(=O)O. The fraction of sp³-hybridized carbons (Fsp3) is 0.333. The Balaban J connectivity index is 2.10. The number of Topliss-reactive ketones (excluding diaryl/α,β-unsaturated/α-hetero) is 1. The molecule has 0 bridgehead atoms. The van der Waals surface area contributed by atoms with E-state index in [4.69, 9.17) is 0 Å². The van der Waals surface area contributed by atoms with Crippen molar-refractivity contribution in [1.29, 1.82) is 0 Å². The molecular weight excluding hydrogens is 319 g/mol. The summed E-state index contributed by atoms with van der Waals surface area (Å²) in [5.41, 5.74) is 1.08. The van der Waals surface area contributed by atoms with Crippen LogP contribution in [0.1, 0.15) is 38.7 Å². The molecule has 2 aromatic rings. The minimum Gasteiger partial charge on any atom is -0.481 e. The van der Waals surface area contributed by atoms with E-state index in [0.29, 0.717) is 18.4 Å². The van der Waals surface area contributed by atoms with Crippen LogP contribution in [-0.4, -0.2) is 16.9 Å². The highest BCUT2D eigenvalue weighted by atomic mass is 19.1. The van der Waals surface area contributed by atoms with E-state index in [9.17, 15) is 19.1 Å². The van der Waals surface area contributed by atoms with Crippen LogP contribution in [0.3, 0.4) is 0 Å². The molecule has 25 heavy (non-hydrogen) atoms. The number of carbonyl (C=O) groups excluding carboxylic acids is 1. The predicted molar refractivity (Wildman–Crippen MR) is 95.8 cm³/mol. The van der Waals surface area contributed by atoms with Gasteiger partial charge in [0.15, 0.2) is 0 Å². The zero-order valence-corrected chi connectivity index (χ0v) is 14.6. The van der Waals surface area contributed by atoms with Crippen LogP contribution in [-0.2, 0) is 16.0 Å². The number of rotatable bonds is 8. The highest BCUT2D eigenvalue weighted by Crippen LogP contribution is 2.32. The maximum absolute atomic E-state index is 13.8. The molecule has 0 heterocycles. The van der Waals surface area contributed by atoms with Gasteiger partial charge in [-0.25, -0.2) is 4.39 Å². The van der Waals surface area contributed by atoms with Gasteiger partial charge in [-0.1, -0.05) is 56.3 Å². The van der Waals surface area contributed by atoms with Gasteiger partial charge in [-0.2, -0.15) is 0 Å². The molecular formula is C21H23FO3. The average Bonchev–Trinajstić information content (AvgIpc) is 2.61. The number of benzene rings is 2. The summed E-state index contributed by atoms with van der Waals surface area (Å²) >= 11 is 0. The topological polar surface area (TPSA) is 54.4 Å². The molecule has 3 nitrogen and oxygen atoms in total. The van der Waals surface area contributed by atoms with Crippen LogP contribution in [0.4, 0.5) is 4.39 Å². The standard InChI is InChI=1S/C21H23FO3/c1-3-21(4-2,20(24)25)14-17(23)13-15-9-11-16(12-10-15)18-7-5-6-8-19(18)22/h5-12H,3-4,13-14H2,1-2H3,(H,24,25). The smallest absolute Gasteiger partial charge is 0.310 e. The van der Waals surface area contributed by atoms with Crippen LogP contribution in [0.5, 0.6) is 0 Å². The summed E-state index contributed by atoms with van der Waals surface area (Å²) < 4.78 is 13.8. The third-order valence-corrected chi connectivity index (χ3v) is 4.88. The van der Waals surface area contributed by atoms with Crippen molar-refractivity contribution >= 4 is 11.8 Å². The number of carboxylic acids is 1. The van der Waals surface area contributed by atoms with Crippen molar-refractivity contribution in [3.63, 3.8) is 0 Å². The monoisotopic (exact) mass is 342 g/mol. The van der Waals surface area contributed by atoms with Crippen molar-refractivity contribution in [1.82, 2.24) is 0 Å². The first kappa shape index (κ1) is 18.8. The number of carbonyl (C=O) groups is 2. The molecule has 2 rings (SSSR count). The lowest BCUT2D eigenvalue weighted by Gasteiger charge is -2.25. The Morgan fingerprint density at radius 3 is 2.12 bits per heavy atom. The summed E-state index contributed by atoms with van der Waals surface area (Å²) in [5.74, 6) is -1.30. The minimum absolute atomic E-state index is 0.0321. The fourth-order valence-corrected chi connectivity index (χ4v) is 3.04. The fourth-order valence-electron chi connectivity index (χ4n) is 3.04. The molecule has 0 aliphatic carbocycles. The van der Waals surface area contributed by atoms with Gasteiger partial charge in [0.05, 0.1) is 5.41 Å². The quantitative estimate of drug-likeness (QED) is 0.743. The molecule has 1 N–H and O–H groups in total. The predicted octanol–water partition coefficient (Wildman–Crippen LogP) is 4.89. The number of aliphatic carboxylic acids is 1. The summed E-state index contributed by atoms with van der Waals surface area (Å²) in [5, 5.41) is 9.44. The van der Waals surface area contributed by atoms with Crippen molar-refractivity contribution < 1.29 is 19.1 Å². The molecule has 2 aromatic carbocycles. The van der Waals surface area contributed by atoms with Gasteiger partial charge in [-0.15, -0.1) is 0 Å². The molecule has 4 heteroatoms. The van der Waals surface area contributed by atoms with Gasteiger partial charge in [0.2, 0.25) is 0 Å². The van der Waals surface area contributed by atoms with Crippen molar-refractivity contribution in [2.75, 3.05) is 0 Å². The molecule has 0 atom stereocenters. The first-order valence-electron chi connectivity index (χ1n) is 8.51. The maximum Gasteiger partial charge on any atom is 0.310 e. The molecule has 0 amide bonds. The van der Waals surface area contributed by atoms with Crippen LogP contribution in [0.25, 0.3) is 11.1 Å². The average molecular weight is 342 g/mol. The Labute approximate surface area is 147 Å². The first-order valence-corrected chi connectivity index (χ1v) is 8.51. The Morgan fingerprint density at radius 1 is 1.00 bits per heavy atom. The van der Waals surface area contributed by atoms with Gasteiger partial charge in [0, 0.05) is 18.4 Å². The summed E-state index contributed by atoms with van der Waals surface area (Å²) in [6.45, 7) is 3.60. The zero-order chi connectivity index (χ0) is 18.4. The minimum atomic E-state index is -0.982. The van der Waals surface area contributed by atoms with Crippen molar-refractivity contribution in [2.24, 2.45) is 5.41 Å². The van der Waals surface area contributed by atoms with Crippen LogP contribution in [0.2, 0.25) is 0 Å². The molecule has 132 valence electrons. The Kier molecular flexibility index (Phi) is 6.07. The van der Waals surface area contributed by atoms with Gasteiger partial charge in [0.25, 0.3) is 0 Å². The Bertz CT molecular complexity index is 746. The first-order chi connectivity index (χ1) is 11.9. The summed E-state index contributed by atoms with van der Waals surface area (Å²) in [6, 6.07) is 13.7. The molecule has 0 aliphatic rings. The van der Waals surface area contributed by atoms with E-state index in [1.165, 1.54) is 6.07 Å². The van der Waals surface area contributed by atoms with Crippen LogP contribution in [0.15, 0.2) is 48.5 Å². The largest absolute Gasteiger partial charge is 0.481 e. The molecule has 0 radical (unpaired) electrons. The summed E-state index contributed by atoms with van der Waals surface area (Å²) in [4.78, 5) is 23.9. The second-order valence-corrected chi connectivity index (χ2v) is 6.36. The zero-order valence-electron chi connectivity index (χ0n) is 14.6. The lowest BCUT2D eigenvalue weighted by Crippen LogP contribution is -2.32. The molecule has 0 aromatic heterocycles. The Morgan fingerprint density at radius 2 is 1.60 bits per heavy atom. The second kappa shape index (κ2) is 8.06. The maximum atomic E-state index is 13.8. The molecule has 0 unspecified atom stereocenters. The molecule has 0 spiro atoms. The lowest BCUT2D eigenvalue weighted by atomic mass is 9.77. The summed E-state index contributed by atoms with van der Waals surface area (Å²) in [7, 11) is 0. The normalized spacial score (nSPS) is 11.3. The highest BCUT2D eigenvalue weighted by molar-refractivity contribution is 5.87. The van der Waals surface area contributed by atoms with E-state index in [1.807, 2.05) is 0 Å². The second-order valence-electron chi connectivity index (χ2n) is 6.36. The van der Waals surface area contributed by atoms with Crippen molar-refractivity contribution in [2.45, 2.75) is 39.5 Å².